The molecule has 2 N–H and O–H groups in total. The zero-order chi connectivity index (χ0) is 20.8. The molecule has 2 amide bonds. The fourth-order valence-electron chi connectivity index (χ4n) is 2.96. The number of nitrogens with zero attached hydrogens (tertiary/aromatic N) is 1. The van der Waals surface area contributed by atoms with Gasteiger partial charge < -0.3 is 15.4 Å². The van der Waals surface area contributed by atoms with Gasteiger partial charge in [-0.3, -0.25) is 9.59 Å². The fraction of sp³-hybridized carbons (Fsp3) is 0.318. The van der Waals surface area contributed by atoms with Crippen LogP contribution in [0.15, 0.2) is 48.5 Å². The normalized spacial score (nSPS) is 12.0. The Kier molecular flexibility index (Phi) is 6.82. The monoisotopic (exact) mass is 411 g/mol. The maximum Gasteiger partial charge on any atom is 0.255 e. The average Bonchev–Trinajstić information content (AvgIpc) is 3.13. The number of thiazole rings is 1. The van der Waals surface area contributed by atoms with Gasteiger partial charge in [-0.1, -0.05) is 38.1 Å². The van der Waals surface area contributed by atoms with Crippen LogP contribution in [0, 0.1) is 5.92 Å². The molecule has 0 radical (unpaired) electrons. The minimum Gasteiger partial charge on any atom is -0.493 e. The molecule has 29 heavy (non-hydrogen) atoms. The topological polar surface area (TPSA) is 80.3 Å². The largest absolute Gasteiger partial charge is 0.493 e. The lowest BCUT2D eigenvalue weighted by molar-refractivity contribution is -0.124. The molecule has 3 aromatic rings. The molecule has 0 saturated carbocycles. The molecule has 7 heteroatoms. The molecule has 0 aliphatic carbocycles. The number of nitrogens with one attached hydrogen (secondary N) is 2. The summed E-state index contributed by atoms with van der Waals surface area (Å²) < 4.78 is 6.61. The highest BCUT2D eigenvalue weighted by atomic mass is 32.1. The van der Waals surface area contributed by atoms with Crippen LogP contribution < -0.4 is 15.4 Å². The molecule has 0 spiro atoms. The third-order valence-corrected chi connectivity index (χ3v) is 5.46. The molecular weight excluding hydrogens is 386 g/mol. The fourth-order valence-corrected chi connectivity index (χ4v) is 3.86. The highest BCUT2D eigenvalue weighted by Crippen LogP contribution is 2.21. The molecule has 152 valence electrons. The van der Waals surface area contributed by atoms with Crippen LogP contribution in [0.5, 0.6) is 5.75 Å². The van der Waals surface area contributed by atoms with Gasteiger partial charge in [0, 0.05) is 0 Å². The Labute approximate surface area is 174 Å². The summed E-state index contributed by atoms with van der Waals surface area (Å²) in [6.45, 7) is 6.45. The van der Waals surface area contributed by atoms with E-state index < -0.39 is 6.04 Å². The van der Waals surface area contributed by atoms with Crippen molar-refractivity contribution >= 4 is 33.4 Å². The first-order chi connectivity index (χ1) is 14.0. The number of aromatic nitrogens is 1. The minimum absolute atomic E-state index is 0.0754. The summed E-state index contributed by atoms with van der Waals surface area (Å²) in [4.78, 5) is 30.1. The van der Waals surface area contributed by atoms with Crippen LogP contribution in [-0.2, 0) is 11.3 Å². The third kappa shape index (κ3) is 5.12. The van der Waals surface area contributed by atoms with E-state index in [-0.39, 0.29) is 17.7 Å². The molecule has 1 heterocycles. The van der Waals surface area contributed by atoms with Gasteiger partial charge in [0.1, 0.15) is 16.8 Å². The summed E-state index contributed by atoms with van der Waals surface area (Å²) in [6, 6.07) is 14.2. The quantitative estimate of drug-likeness (QED) is 0.591. The first-order valence-corrected chi connectivity index (χ1v) is 10.5. The second-order valence-electron chi connectivity index (χ2n) is 6.92. The summed E-state index contributed by atoms with van der Waals surface area (Å²) in [5.41, 5.74) is 1.34. The number of rotatable bonds is 8. The van der Waals surface area contributed by atoms with E-state index in [1.807, 2.05) is 51.1 Å². The predicted octanol–water partition coefficient (Wildman–Crippen LogP) is 3.77. The van der Waals surface area contributed by atoms with Gasteiger partial charge in [-0.25, -0.2) is 4.98 Å². The number of hydrogen-bond donors (Lipinski definition) is 2. The van der Waals surface area contributed by atoms with E-state index in [0.29, 0.717) is 24.5 Å². The minimum atomic E-state index is -0.661. The highest BCUT2D eigenvalue weighted by molar-refractivity contribution is 7.18. The molecule has 0 saturated heterocycles. The van der Waals surface area contributed by atoms with Crippen molar-refractivity contribution in [1.82, 2.24) is 15.6 Å². The van der Waals surface area contributed by atoms with E-state index in [2.05, 4.69) is 15.6 Å². The number of ether oxygens (including phenoxy) is 1. The summed E-state index contributed by atoms with van der Waals surface area (Å²) in [7, 11) is 0. The van der Waals surface area contributed by atoms with Crippen molar-refractivity contribution in [2.24, 2.45) is 5.92 Å². The maximum atomic E-state index is 12.8. The molecule has 1 atom stereocenters. The molecule has 1 unspecified atom stereocenters. The maximum absolute atomic E-state index is 12.8. The Morgan fingerprint density at radius 1 is 1.10 bits per heavy atom. The van der Waals surface area contributed by atoms with Gasteiger partial charge in [-0.2, -0.15) is 0 Å². The molecule has 0 fully saturated rings. The second-order valence-corrected chi connectivity index (χ2v) is 8.03. The third-order valence-electron chi connectivity index (χ3n) is 4.42. The van der Waals surface area contributed by atoms with Crippen molar-refractivity contribution in [1.29, 1.82) is 0 Å². The van der Waals surface area contributed by atoms with Gasteiger partial charge in [-0.05, 0) is 37.1 Å². The van der Waals surface area contributed by atoms with Crippen molar-refractivity contribution in [3.05, 3.63) is 59.1 Å². The van der Waals surface area contributed by atoms with Crippen LogP contribution in [0.25, 0.3) is 10.2 Å². The van der Waals surface area contributed by atoms with Crippen molar-refractivity contribution in [3.63, 3.8) is 0 Å². The molecule has 0 aliphatic heterocycles. The Bertz CT molecular complexity index is 967. The van der Waals surface area contributed by atoms with Crippen LogP contribution in [0.1, 0.15) is 36.1 Å². The van der Waals surface area contributed by atoms with Crippen molar-refractivity contribution < 1.29 is 14.3 Å². The lowest BCUT2D eigenvalue weighted by atomic mass is 10.0. The molecule has 2 aromatic carbocycles. The summed E-state index contributed by atoms with van der Waals surface area (Å²) in [5, 5.41) is 6.58. The van der Waals surface area contributed by atoms with Gasteiger partial charge in [0.05, 0.1) is 28.9 Å². The Morgan fingerprint density at radius 3 is 2.55 bits per heavy atom. The van der Waals surface area contributed by atoms with Gasteiger partial charge in [-0.15, -0.1) is 11.3 Å². The van der Waals surface area contributed by atoms with Gasteiger partial charge in [0.25, 0.3) is 5.91 Å². The van der Waals surface area contributed by atoms with Gasteiger partial charge >= 0.3 is 0 Å². The number of carbonyl (C=O) groups is 2. The second kappa shape index (κ2) is 9.52. The number of fused-ring (bicyclic) bond motifs is 1. The number of carbonyl (C=O) groups excluding carboxylic acids is 2. The van der Waals surface area contributed by atoms with Crippen LogP contribution in [0.3, 0.4) is 0 Å². The smallest absolute Gasteiger partial charge is 0.255 e. The Balaban J connectivity index is 1.67. The molecule has 0 aliphatic rings. The van der Waals surface area contributed by atoms with Crippen LogP contribution >= 0.6 is 11.3 Å². The van der Waals surface area contributed by atoms with Crippen molar-refractivity contribution in [2.75, 3.05) is 6.61 Å². The van der Waals surface area contributed by atoms with E-state index >= 15 is 0 Å². The van der Waals surface area contributed by atoms with E-state index in [9.17, 15) is 9.59 Å². The number of hydrogen-bond acceptors (Lipinski definition) is 5. The molecule has 0 bridgehead atoms. The van der Waals surface area contributed by atoms with E-state index in [4.69, 9.17) is 4.74 Å². The Hall–Kier alpha value is -2.93. The number of para-hydroxylation sites is 2. The molecule has 6 nitrogen and oxygen atoms in total. The van der Waals surface area contributed by atoms with Crippen LogP contribution in [-0.4, -0.2) is 29.4 Å². The zero-order valence-electron chi connectivity index (χ0n) is 16.8. The Morgan fingerprint density at radius 2 is 1.83 bits per heavy atom. The lowest BCUT2D eigenvalue weighted by Gasteiger charge is -2.22. The summed E-state index contributed by atoms with van der Waals surface area (Å²) >= 11 is 1.55. The molecule has 1 aromatic heterocycles. The first-order valence-electron chi connectivity index (χ1n) is 9.64. The van der Waals surface area contributed by atoms with Crippen molar-refractivity contribution in [2.45, 2.75) is 33.4 Å². The highest BCUT2D eigenvalue weighted by Gasteiger charge is 2.26. The SMILES string of the molecule is CCOc1ccccc1C(=O)NC(C(=O)NCc1nc2ccccc2s1)C(C)C. The van der Waals surface area contributed by atoms with E-state index in [0.717, 1.165) is 15.2 Å². The van der Waals surface area contributed by atoms with E-state index in [1.54, 1.807) is 29.5 Å². The van der Waals surface area contributed by atoms with E-state index in [1.165, 1.54) is 0 Å². The predicted molar refractivity (Wildman–Crippen MR) is 115 cm³/mol. The molecule has 3 rings (SSSR count). The van der Waals surface area contributed by atoms with Crippen molar-refractivity contribution in [3.8, 4) is 5.75 Å². The number of benzene rings is 2. The molecular formula is C22H25N3O3S. The summed E-state index contributed by atoms with van der Waals surface area (Å²) in [6.07, 6.45) is 0. The average molecular weight is 412 g/mol. The van der Waals surface area contributed by atoms with Gasteiger partial charge in [0.2, 0.25) is 5.91 Å². The zero-order valence-corrected chi connectivity index (χ0v) is 17.6. The van der Waals surface area contributed by atoms with Crippen LogP contribution in [0.2, 0.25) is 0 Å². The standard InChI is InChI=1S/C22H25N3O3S/c1-4-28-17-11-7-5-9-15(17)21(26)25-20(14(2)3)22(27)23-13-19-24-16-10-6-8-12-18(16)29-19/h5-12,14,20H,4,13H2,1-3H3,(H,23,27)(H,25,26). The van der Waals surface area contributed by atoms with Gasteiger partial charge in [0.15, 0.2) is 0 Å². The van der Waals surface area contributed by atoms with Crippen LogP contribution in [0.4, 0.5) is 0 Å². The first kappa shape index (κ1) is 20.8. The lowest BCUT2D eigenvalue weighted by Crippen LogP contribution is -2.49. The summed E-state index contributed by atoms with van der Waals surface area (Å²) in [5.74, 6) is -0.136. The number of amides is 2.